The first kappa shape index (κ1) is 19.3. The lowest BCUT2D eigenvalue weighted by atomic mass is 9.85. The number of hydrogen-bond acceptors (Lipinski definition) is 3. The predicted octanol–water partition coefficient (Wildman–Crippen LogP) is 3.31. The number of allylic oxidation sites excluding steroid dienone is 4. The average Bonchev–Trinajstić information content (AvgIpc) is 2.79. The lowest BCUT2D eigenvalue weighted by Gasteiger charge is -2.31. The number of carbonyl (C=O) groups excluding carboxylic acids is 1. The lowest BCUT2D eigenvalue weighted by Crippen LogP contribution is -2.47. The molecule has 25 heavy (non-hydrogen) atoms. The van der Waals surface area contributed by atoms with Crippen LogP contribution in [-0.2, 0) is 9.53 Å². The van der Waals surface area contributed by atoms with E-state index in [0.717, 1.165) is 0 Å². The first-order chi connectivity index (χ1) is 11.7. The predicted molar refractivity (Wildman–Crippen MR) is 87.5 cm³/mol. The molecule has 0 spiro atoms. The van der Waals surface area contributed by atoms with Gasteiger partial charge in [0.25, 0.3) is 5.91 Å². The molecular formula is C18H22F3NO3. The van der Waals surface area contributed by atoms with Gasteiger partial charge in [-0.2, -0.15) is 13.2 Å². The molecule has 2 aliphatic rings. The average molecular weight is 357 g/mol. The van der Waals surface area contributed by atoms with E-state index in [4.69, 9.17) is 4.74 Å². The Morgan fingerprint density at radius 1 is 1.44 bits per heavy atom. The van der Waals surface area contributed by atoms with Crippen molar-refractivity contribution < 1.29 is 27.8 Å². The summed E-state index contributed by atoms with van der Waals surface area (Å²) in [5.41, 5.74) is -2.47. The number of hydrogen-bond donors (Lipinski definition) is 2. The molecule has 2 N–H and O–H groups in total. The zero-order valence-electron chi connectivity index (χ0n) is 14.5. The van der Waals surface area contributed by atoms with Gasteiger partial charge in [0.15, 0.2) is 6.61 Å². The summed E-state index contributed by atoms with van der Waals surface area (Å²) in [6, 6.07) is 0. The Labute approximate surface area is 144 Å². The van der Waals surface area contributed by atoms with Crippen LogP contribution in [0, 0.1) is 0 Å². The van der Waals surface area contributed by atoms with Crippen molar-refractivity contribution in [2.75, 3.05) is 13.7 Å². The summed E-state index contributed by atoms with van der Waals surface area (Å²) in [5, 5.41) is 13.0. The zero-order chi connectivity index (χ0) is 18.8. The number of aliphatic hydroxyl groups is 1. The van der Waals surface area contributed by atoms with E-state index >= 15 is 0 Å². The van der Waals surface area contributed by atoms with Crippen molar-refractivity contribution in [2.45, 2.75) is 44.9 Å². The standard InChI is InChI=1S/C18H22F3NO3/c1-4-5-6-14-11(2)13-8-7-12(25-10-16(23)22-3)9-15(13)17(14,24)18(19,20)21/h5-6,9,24H,4,7-8,10H2,1-3H3,(H,22,23)/b6-5-. The van der Waals surface area contributed by atoms with Gasteiger partial charge in [0, 0.05) is 24.6 Å². The molecular weight excluding hydrogens is 335 g/mol. The molecule has 0 aromatic rings. The van der Waals surface area contributed by atoms with Gasteiger partial charge in [-0.05, 0) is 37.0 Å². The van der Waals surface area contributed by atoms with Crippen molar-refractivity contribution in [3.63, 3.8) is 0 Å². The van der Waals surface area contributed by atoms with Crippen molar-refractivity contribution in [2.24, 2.45) is 0 Å². The molecule has 4 nitrogen and oxygen atoms in total. The largest absolute Gasteiger partial charge is 0.488 e. The van der Waals surface area contributed by atoms with Gasteiger partial charge in [0.2, 0.25) is 5.60 Å². The first-order valence-corrected chi connectivity index (χ1v) is 8.11. The van der Waals surface area contributed by atoms with Crippen molar-refractivity contribution in [1.29, 1.82) is 0 Å². The van der Waals surface area contributed by atoms with Crippen molar-refractivity contribution in [3.8, 4) is 0 Å². The molecule has 0 saturated heterocycles. The molecule has 0 saturated carbocycles. The summed E-state index contributed by atoms with van der Waals surface area (Å²) >= 11 is 0. The fourth-order valence-corrected chi connectivity index (χ4v) is 3.13. The van der Waals surface area contributed by atoms with E-state index in [1.807, 2.05) is 6.92 Å². The molecule has 0 fully saturated rings. The highest BCUT2D eigenvalue weighted by Crippen LogP contribution is 2.53. The van der Waals surface area contributed by atoms with Crippen LogP contribution >= 0.6 is 0 Å². The summed E-state index contributed by atoms with van der Waals surface area (Å²) < 4.78 is 46.6. The molecule has 0 radical (unpaired) electrons. The normalized spacial score (nSPS) is 23.9. The van der Waals surface area contributed by atoms with Gasteiger partial charge in [0.1, 0.15) is 0 Å². The van der Waals surface area contributed by atoms with Crippen LogP contribution in [-0.4, -0.2) is 36.4 Å². The molecule has 1 unspecified atom stereocenters. The number of rotatable bonds is 5. The van der Waals surface area contributed by atoms with Crippen molar-refractivity contribution in [3.05, 3.63) is 46.3 Å². The van der Waals surface area contributed by atoms with Crippen LogP contribution in [0.4, 0.5) is 13.2 Å². The summed E-state index contributed by atoms with van der Waals surface area (Å²) in [7, 11) is 1.45. The number of amides is 1. The number of nitrogens with one attached hydrogen (secondary N) is 1. The fraction of sp³-hybridized carbons (Fsp3) is 0.500. The summed E-state index contributed by atoms with van der Waals surface area (Å²) in [4.78, 5) is 11.3. The number of alkyl halides is 3. The first-order valence-electron chi connectivity index (χ1n) is 8.11. The summed E-state index contributed by atoms with van der Waals surface area (Å²) in [5.74, 6) is -0.113. The molecule has 2 rings (SSSR count). The van der Waals surface area contributed by atoms with E-state index in [1.54, 1.807) is 13.0 Å². The van der Waals surface area contributed by atoms with Crippen LogP contribution in [0.25, 0.3) is 0 Å². The summed E-state index contributed by atoms with van der Waals surface area (Å²) in [6.07, 6.45) is 0.574. The van der Waals surface area contributed by atoms with Crippen LogP contribution < -0.4 is 5.32 Å². The van der Waals surface area contributed by atoms with E-state index in [1.165, 1.54) is 19.2 Å². The number of halogens is 3. The second-order valence-corrected chi connectivity index (χ2v) is 6.02. The monoisotopic (exact) mass is 357 g/mol. The van der Waals surface area contributed by atoms with Crippen LogP contribution in [0.1, 0.15) is 33.1 Å². The highest BCUT2D eigenvalue weighted by atomic mass is 19.4. The van der Waals surface area contributed by atoms with Crippen LogP contribution in [0.2, 0.25) is 0 Å². The van der Waals surface area contributed by atoms with Gasteiger partial charge in [-0.3, -0.25) is 4.79 Å². The molecule has 1 amide bonds. The van der Waals surface area contributed by atoms with Crippen molar-refractivity contribution >= 4 is 5.91 Å². The van der Waals surface area contributed by atoms with Gasteiger partial charge in [-0.15, -0.1) is 0 Å². The van der Waals surface area contributed by atoms with E-state index in [-0.39, 0.29) is 29.4 Å². The van der Waals surface area contributed by atoms with Gasteiger partial charge >= 0.3 is 6.18 Å². The van der Waals surface area contributed by atoms with E-state index in [9.17, 15) is 23.1 Å². The van der Waals surface area contributed by atoms with E-state index in [2.05, 4.69) is 5.32 Å². The Morgan fingerprint density at radius 3 is 2.68 bits per heavy atom. The quantitative estimate of drug-likeness (QED) is 0.794. The van der Waals surface area contributed by atoms with Crippen LogP contribution in [0.5, 0.6) is 0 Å². The second-order valence-electron chi connectivity index (χ2n) is 6.02. The van der Waals surface area contributed by atoms with Gasteiger partial charge in [-0.25, -0.2) is 0 Å². The maximum atomic E-state index is 13.8. The molecule has 7 heteroatoms. The molecule has 0 bridgehead atoms. The zero-order valence-corrected chi connectivity index (χ0v) is 14.5. The smallest absolute Gasteiger partial charge is 0.425 e. The number of carbonyl (C=O) groups is 1. The Kier molecular flexibility index (Phi) is 5.46. The third-order valence-corrected chi connectivity index (χ3v) is 4.49. The Bertz CT molecular complexity index is 686. The fourth-order valence-electron chi connectivity index (χ4n) is 3.13. The molecule has 0 aliphatic heterocycles. The third-order valence-electron chi connectivity index (χ3n) is 4.49. The SMILES string of the molecule is CC/C=C\C1=C(C)C2=C(C=C(OCC(=O)NC)CC2)C1(O)C(F)(F)F. The van der Waals surface area contributed by atoms with Gasteiger partial charge < -0.3 is 15.2 Å². The third kappa shape index (κ3) is 3.38. The number of likely N-dealkylation sites (N-methyl/N-ethyl adjacent to an activating group) is 1. The molecule has 138 valence electrons. The lowest BCUT2D eigenvalue weighted by molar-refractivity contribution is -0.226. The maximum Gasteiger partial charge on any atom is 0.425 e. The van der Waals surface area contributed by atoms with Crippen molar-refractivity contribution in [1.82, 2.24) is 5.32 Å². The summed E-state index contributed by atoms with van der Waals surface area (Å²) in [6.45, 7) is 3.13. The highest BCUT2D eigenvalue weighted by Gasteiger charge is 2.61. The van der Waals surface area contributed by atoms with Crippen LogP contribution in [0.3, 0.4) is 0 Å². The molecule has 2 aliphatic carbocycles. The van der Waals surface area contributed by atoms with E-state index in [0.29, 0.717) is 30.4 Å². The minimum absolute atomic E-state index is 0.143. The molecule has 0 aromatic carbocycles. The Morgan fingerprint density at radius 2 is 2.12 bits per heavy atom. The van der Waals surface area contributed by atoms with Gasteiger partial charge in [0.05, 0.1) is 5.76 Å². The topological polar surface area (TPSA) is 58.6 Å². The molecule has 1 atom stereocenters. The Balaban J connectivity index is 2.44. The van der Waals surface area contributed by atoms with Gasteiger partial charge in [-0.1, -0.05) is 19.1 Å². The second kappa shape index (κ2) is 7.07. The number of ether oxygens (including phenoxy) is 1. The molecule has 0 aromatic heterocycles. The maximum absolute atomic E-state index is 13.8. The minimum atomic E-state index is -4.86. The Hall–Kier alpha value is -2.02. The van der Waals surface area contributed by atoms with Crippen LogP contribution in [0.15, 0.2) is 46.3 Å². The highest BCUT2D eigenvalue weighted by molar-refractivity contribution is 5.77. The molecule has 0 heterocycles. The minimum Gasteiger partial charge on any atom is -0.488 e. The van der Waals surface area contributed by atoms with E-state index < -0.39 is 11.8 Å².